The molecule has 17 heavy (non-hydrogen) atoms. The van der Waals surface area contributed by atoms with Crippen molar-refractivity contribution >= 4 is 17.4 Å². The summed E-state index contributed by atoms with van der Waals surface area (Å²) in [7, 11) is 0. The molecular formula is C11H10ClN3O2. The van der Waals surface area contributed by atoms with Crippen LogP contribution in [0.15, 0.2) is 35.1 Å². The SMILES string of the molecule is Nc1cc(=O)[nH]c(COc2ccccc2Cl)n1. The van der Waals surface area contributed by atoms with E-state index in [-0.39, 0.29) is 18.0 Å². The second kappa shape index (κ2) is 4.88. The van der Waals surface area contributed by atoms with Crippen molar-refractivity contribution in [2.45, 2.75) is 6.61 Å². The number of nitrogen functional groups attached to an aromatic ring is 1. The minimum atomic E-state index is -0.310. The van der Waals surface area contributed by atoms with Crippen molar-refractivity contribution in [3.05, 3.63) is 51.5 Å². The topological polar surface area (TPSA) is 81.0 Å². The molecule has 1 aromatic carbocycles. The summed E-state index contributed by atoms with van der Waals surface area (Å²) in [6.07, 6.45) is 0. The largest absolute Gasteiger partial charge is 0.484 e. The van der Waals surface area contributed by atoms with Gasteiger partial charge in [-0.25, -0.2) is 4.98 Å². The van der Waals surface area contributed by atoms with E-state index in [1.54, 1.807) is 24.3 Å². The van der Waals surface area contributed by atoms with Crippen molar-refractivity contribution in [1.29, 1.82) is 0 Å². The smallest absolute Gasteiger partial charge is 0.253 e. The lowest BCUT2D eigenvalue weighted by Gasteiger charge is -2.07. The number of rotatable bonds is 3. The van der Waals surface area contributed by atoms with Crippen LogP contribution in [-0.2, 0) is 6.61 Å². The van der Waals surface area contributed by atoms with Gasteiger partial charge in [-0.05, 0) is 12.1 Å². The summed E-state index contributed by atoms with van der Waals surface area (Å²) in [5.74, 6) is 1.04. The number of nitrogens with one attached hydrogen (secondary N) is 1. The van der Waals surface area contributed by atoms with Gasteiger partial charge in [-0.2, -0.15) is 0 Å². The van der Waals surface area contributed by atoms with Crippen molar-refractivity contribution in [2.75, 3.05) is 5.73 Å². The molecule has 0 amide bonds. The fourth-order valence-electron chi connectivity index (χ4n) is 1.30. The molecule has 0 unspecified atom stereocenters. The number of hydrogen-bond donors (Lipinski definition) is 2. The fraction of sp³-hybridized carbons (Fsp3) is 0.0909. The molecule has 0 saturated carbocycles. The number of benzene rings is 1. The van der Waals surface area contributed by atoms with Crippen LogP contribution in [0.3, 0.4) is 0 Å². The Morgan fingerprint density at radius 2 is 2.18 bits per heavy atom. The zero-order chi connectivity index (χ0) is 12.3. The minimum Gasteiger partial charge on any atom is -0.484 e. The van der Waals surface area contributed by atoms with Gasteiger partial charge in [0.05, 0.1) is 5.02 Å². The van der Waals surface area contributed by atoms with Gasteiger partial charge in [-0.15, -0.1) is 0 Å². The van der Waals surface area contributed by atoms with Crippen molar-refractivity contribution in [3.8, 4) is 5.75 Å². The van der Waals surface area contributed by atoms with Crippen LogP contribution in [0, 0.1) is 0 Å². The highest BCUT2D eigenvalue weighted by molar-refractivity contribution is 6.32. The number of nitrogens with two attached hydrogens (primary N) is 1. The summed E-state index contributed by atoms with van der Waals surface area (Å²) in [5.41, 5.74) is 5.14. The third kappa shape index (κ3) is 2.98. The number of H-pyrrole nitrogens is 1. The summed E-state index contributed by atoms with van der Waals surface area (Å²) in [6.45, 7) is 0.101. The summed E-state index contributed by atoms with van der Waals surface area (Å²) in [5, 5.41) is 0.499. The predicted octanol–water partition coefficient (Wildman–Crippen LogP) is 1.58. The Bertz CT molecular complexity index is 583. The normalized spacial score (nSPS) is 10.2. The maximum absolute atomic E-state index is 11.1. The van der Waals surface area contributed by atoms with Crippen LogP contribution in [-0.4, -0.2) is 9.97 Å². The number of hydrogen-bond acceptors (Lipinski definition) is 4. The molecule has 3 N–H and O–H groups in total. The number of aromatic nitrogens is 2. The second-order valence-corrected chi connectivity index (χ2v) is 3.74. The summed E-state index contributed by atoms with van der Waals surface area (Å²) in [6, 6.07) is 8.25. The Morgan fingerprint density at radius 3 is 2.88 bits per heavy atom. The maximum Gasteiger partial charge on any atom is 0.253 e. The van der Waals surface area contributed by atoms with E-state index in [9.17, 15) is 4.79 Å². The van der Waals surface area contributed by atoms with E-state index in [1.807, 2.05) is 0 Å². The summed E-state index contributed by atoms with van der Waals surface area (Å²) < 4.78 is 5.41. The Morgan fingerprint density at radius 1 is 1.41 bits per heavy atom. The Hall–Kier alpha value is -2.01. The standard InChI is InChI=1S/C11H10ClN3O2/c12-7-3-1-2-4-8(7)17-6-10-14-9(13)5-11(16)15-10/h1-5H,6H2,(H3,13,14,15,16). The average molecular weight is 252 g/mol. The molecule has 5 nitrogen and oxygen atoms in total. The highest BCUT2D eigenvalue weighted by Crippen LogP contribution is 2.23. The van der Waals surface area contributed by atoms with Crippen molar-refractivity contribution < 1.29 is 4.74 Å². The lowest BCUT2D eigenvalue weighted by Crippen LogP contribution is -2.14. The molecule has 2 aromatic rings. The van der Waals surface area contributed by atoms with E-state index in [4.69, 9.17) is 22.1 Å². The minimum absolute atomic E-state index is 0.101. The lowest BCUT2D eigenvalue weighted by molar-refractivity contribution is 0.296. The number of halogens is 1. The predicted molar refractivity (Wildman–Crippen MR) is 65.1 cm³/mol. The van der Waals surface area contributed by atoms with Crippen LogP contribution in [0.5, 0.6) is 5.75 Å². The van der Waals surface area contributed by atoms with Crippen LogP contribution in [0.1, 0.15) is 5.82 Å². The van der Waals surface area contributed by atoms with Gasteiger partial charge in [0, 0.05) is 6.07 Å². The molecule has 0 bridgehead atoms. The highest BCUT2D eigenvalue weighted by Gasteiger charge is 2.03. The first-order valence-corrected chi connectivity index (χ1v) is 5.26. The zero-order valence-electron chi connectivity index (χ0n) is 8.81. The van der Waals surface area contributed by atoms with Gasteiger partial charge in [0.15, 0.2) is 0 Å². The first-order valence-electron chi connectivity index (χ1n) is 4.88. The number of nitrogens with zero attached hydrogens (tertiary/aromatic N) is 1. The van der Waals surface area contributed by atoms with Crippen LogP contribution in [0.4, 0.5) is 5.82 Å². The summed E-state index contributed by atoms with van der Waals surface area (Å²) in [4.78, 5) is 17.6. The van der Waals surface area contributed by atoms with E-state index >= 15 is 0 Å². The van der Waals surface area contributed by atoms with E-state index in [1.165, 1.54) is 6.07 Å². The highest BCUT2D eigenvalue weighted by atomic mass is 35.5. The molecule has 0 aliphatic rings. The van der Waals surface area contributed by atoms with Gasteiger partial charge in [0.25, 0.3) is 5.56 Å². The van der Waals surface area contributed by atoms with Gasteiger partial charge in [-0.1, -0.05) is 23.7 Å². The molecule has 2 rings (SSSR count). The molecule has 0 atom stereocenters. The van der Waals surface area contributed by atoms with E-state index < -0.39 is 0 Å². The molecule has 1 aromatic heterocycles. The average Bonchev–Trinajstić information content (AvgIpc) is 2.27. The zero-order valence-corrected chi connectivity index (χ0v) is 9.57. The third-order valence-electron chi connectivity index (χ3n) is 2.01. The number of ether oxygens (including phenoxy) is 1. The van der Waals surface area contributed by atoms with Crippen LogP contribution < -0.4 is 16.0 Å². The Kier molecular flexibility index (Phi) is 3.30. The van der Waals surface area contributed by atoms with E-state index in [0.717, 1.165) is 0 Å². The quantitative estimate of drug-likeness (QED) is 0.868. The first kappa shape index (κ1) is 11.5. The van der Waals surface area contributed by atoms with Gasteiger partial charge < -0.3 is 15.5 Å². The molecule has 0 aliphatic heterocycles. The molecule has 0 spiro atoms. The van der Waals surface area contributed by atoms with E-state index in [2.05, 4.69) is 9.97 Å². The van der Waals surface area contributed by atoms with Crippen molar-refractivity contribution in [1.82, 2.24) is 9.97 Å². The molecular weight excluding hydrogens is 242 g/mol. The van der Waals surface area contributed by atoms with Gasteiger partial charge >= 0.3 is 0 Å². The first-order chi connectivity index (χ1) is 8.15. The monoisotopic (exact) mass is 251 g/mol. The maximum atomic E-state index is 11.1. The number of para-hydroxylation sites is 1. The molecule has 0 radical (unpaired) electrons. The number of anilines is 1. The van der Waals surface area contributed by atoms with Gasteiger partial charge in [0.2, 0.25) is 0 Å². The van der Waals surface area contributed by atoms with Crippen molar-refractivity contribution in [3.63, 3.8) is 0 Å². The summed E-state index contributed by atoms with van der Waals surface area (Å²) >= 11 is 5.91. The third-order valence-corrected chi connectivity index (χ3v) is 2.32. The Labute approximate surface area is 102 Å². The molecule has 0 aliphatic carbocycles. The lowest BCUT2D eigenvalue weighted by atomic mass is 10.3. The molecule has 0 fully saturated rings. The van der Waals surface area contributed by atoms with Crippen LogP contribution >= 0.6 is 11.6 Å². The number of aromatic amines is 1. The van der Waals surface area contributed by atoms with Crippen molar-refractivity contribution in [2.24, 2.45) is 0 Å². The fourth-order valence-corrected chi connectivity index (χ4v) is 1.50. The molecule has 1 heterocycles. The van der Waals surface area contributed by atoms with Crippen LogP contribution in [0.25, 0.3) is 0 Å². The molecule has 88 valence electrons. The second-order valence-electron chi connectivity index (χ2n) is 3.34. The molecule has 0 saturated heterocycles. The van der Waals surface area contributed by atoms with Gasteiger partial charge in [-0.3, -0.25) is 4.79 Å². The van der Waals surface area contributed by atoms with E-state index in [0.29, 0.717) is 16.6 Å². The Balaban J connectivity index is 2.13. The molecule has 6 heteroatoms. The van der Waals surface area contributed by atoms with Crippen LogP contribution in [0.2, 0.25) is 5.02 Å². The van der Waals surface area contributed by atoms with Gasteiger partial charge in [0.1, 0.15) is 24.0 Å².